The normalized spacial score (nSPS) is 33.0. The molecule has 1 amide bonds. The van der Waals surface area contributed by atoms with Gasteiger partial charge in [0.2, 0.25) is 19.7 Å². The number of fused-ring (bicyclic) bond motifs is 1. The lowest BCUT2D eigenvalue weighted by Gasteiger charge is -2.55. The number of aliphatic hydroxyl groups is 1. The average Bonchev–Trinajstić information content (AvgIpc) is 3.65. The molecule has 5 unspecified atom stereocenters. The Kier molecular flexibility index (Phi) is 6.81. The third-order valence-electron chi connectivity index (χ3n) is 9.55. The van der Waals surface area contributed by atoms with Crippen LogP contribution in [0.1, 0.15) is 39.7 Å². The van der Waals surface area contributed by atoms with Crippen molar-refractivity contribution in [1.82, 2.24) is 0 Å². The second kappa shape index (κ2) is 9.48. The van der Waals surface area contributed by atoms with Gasteiger partial charge in [-0.25, -0.2) is 4.79 Å². The van der Waals surface area contributed by atoms with Gasteiger partial charge in [-0.3, -0.25) is 4.90 Å². The number of anilines is 1. The van der Waals surface area contributed by atoms with E-state index in [0.29, 0.717) is 17.0 Å². The van der Waals surface area contributed by atoms with Gasteiger partial charge in [-0.05, 0) is 54.4 Å². The number of hydrogen-bond acceptors (Lipinski definition) is 7. The topological polar surface area (TPSA) is 90.0 Å². The zero-order valence-corrected chi connectivity index (χ0v) is 26.1. The highest BCUT2D eigenvalue weighted by Crippen LogP contribution is 2.77. The molecule has 1 saturated heterocycles. The fraction of sp³-hybridized carbons (Fsp3) is 0.531. The number of methoxy groups -OCH3 is 2. The SMILES string of the molecule is C=CCOC(=O)N1c2ccc(O[Si](C)(C)C(C)(C)C)cc2C23OC24C(C)CC(OC)(OC)C3(O)C#C/C=C\C#CC14. The van der Waals surface area contributed by atoms with E-state index in [2.05, 4.69) is 64.1 Å². The minimum Gasteiger partial charge on any atom is -0.543 e. The Bertz CT molecular complexity index is 1440. The van der Waals surface area contributed by atoms with Crippen LogP contribution < -0.4 is 9.33 Å². The number of carbonyl (C=O) groups excluding carboxylic acids is 1. The molecule has 41 heavy (non-hydrogen) atoms. The van der Waals surface area contributed by atoms with E-state index in [0.717, 1.165) is 0 Å². The molecule has 2 fully saturated rings. The quantitative estimate of drug-likeness (QED) is 0.169. The van der Waals surface area contributed by atoms with Crippen molar-refractivity contribution >= 4 is 20.1 Å². The summed E-state index contributed by atoms with van der Waals surface area (Å²) >= 11 is 0. The monoisotopic (exact) mass is 577 g/mol. The van der Waals surface area contributed by atoms with Crippen LogP contribution in [0.25, 0.3) is 0 Å². The largest absolute Gasteiger partial charge is 0.543 e. The van der Waals surface area contributed by atoms with E-state index in [4.69, 9.17) is 23.4 Å². The molecule has 0 aromatic heterocycles. The highest BCUT2D eigenvalue weighted by molar-refractivity contribution is 6.74. The lowest BCUT2D eigenvalue weighted by molar-refractivity contribution is -0.316. The van der Waals surface area contributed by atoms with Gasteiger partial charge in [0, 0.05) is 26.2 Å². The van der Waals surface area contributed by atoms with Crippen LogP contribution in [0.4, 0.5) is 10.5 Å². The number of benzene rings is 1. The molecule has 4 aliphatic rings. The van der Waals surface area contributed by atoms with E-state index in [-0.39, 0.29) is 24.0 Å². The summed E-state index contributed by atoms with van der Waals surface area (Å²) in [4.78, 5) is 15.2. The molecule has 2 aliphatic heterocycles. The molecule has 2 heterocycles. The Morgan fingerprint density at radius 3 is 2.56 bits per heavy atom. The zero-order chi connectivity index (χ0) is 30.1. The molecule has 5 atom stereocenters. The Balaban J connectivity index is 1.84. The van der Waals surface area contributed by atoms with Crippen LogP contribution in [0, 0.1) is 29.6 Å². The summed E-state index contributed by atoms with van der Waals surface area (Å²) in [6.45, 7) is 16.5. The van der Waals surface area contributed by atoms with Crippen molar-refractivity contribution in [3.8, 4) is 29.4 Å². The summed E-state index contributed by atoms with van der Waals surface area (Å²) in [6.07, 6.45) is 4.29. The van der Waals surface area contributed by atoms with Crippen molar-refractivity contribution in [1.29, 1.82) is 0 Å². The van der Waals surface area contributed by atoms with Crippen molar-refractivity contribution in [3.05, 3.63) is 48.6 Å². The van der Waals surface area contributed by atoms with Crippen molar-refractivity contribution in [2.45, 2.75) is 80.9 Å². The minimum absolute atomic E-state index is 0.0255. The van der Waals surface area contributed by atoms with Crippen LogP contribution in [0.5, 0.6) is 5.75 Å². The molecule has 8 nitrogen and oxygen atoms in total. The van der Waals surface area contributed by atoms with Gasteiger partial charge in [-0.2, -0.15) is 0 Å². The van der Waals surface area contributed by atoms with Gasteiger partial charge < -0.3 is 28.5 Å². The Labute approximate surface area is 243 Å². The van der Waals surface area contributed by atoms with E-state index < -0.39 is 43.0 Å². The van der Waals surface area contributed by atoms with Gasteiger partial charge in [0.25, 0.3) is 0 Å². The lowest BCUT2D eigenvalue weighted by atomic mass is 9.55. The number of hydrogen-bond donors (Lipinski definition) is 1. The number of epoxide rings is 1. The predicted molar refractivity (Wildman–Crippen MR) is 158 cm³/mol. The summed E-state index contributed by atoms with van der Waals surface area (Å²) < 4.78 is 31.1. The standard InChI is InChI=1S/C32H39NO7Si/c1-10-19-38-27(34)33-25-17-16-23(39-41(8,9)28(3,4)5)20-24(25)32-29(35)18-14-12-11-13-15-26(33)31(32,40-32)22(2)21-30(29,36-6)37-7/h10-12,16-17,20,22,26,35H,1,19,21H2,2-9H3/b12-11-. The van der Waals surface area contributed by atoms with Crippen molar-refractivity contribution in [2.24, 2.45) is 5.92 Å². The molecule has 1 aromatic carbocycles. The van der Waals surface area contributed by atoms with E-state index in [1.807, 2.05) is 19.1 Å². The fourth-order valence-electron chi connectivity index (χ4n) is 6.49. The van der Waals surface area contributed by atoms with E-state index in [9.17, 15) is 9.90 Å². The second-order valence-corrected chi connectivity index (χ2v) is 17.3. The van der Waals surface area contributed by atoms with E-state index >= 15 is 0 Å². The van der Waals surface area contributed by atoms with Crippen LogP contribution >= 0.6 is 0 Å². The number of ether oxygens (including phenoxy) is 4. The average molecular weight is 578 g/mol. The van der Waals surface area contributed by atoms with Gasteiger partial charge in [-0.15, -0.1) is 0 Å². The molecular formula is C32H39NO7Si. The van der Waals surface area contributed by atoms with Gasteiger partial charge in [0.05, 0.1) is 5.69 Å². The second-order valence-electron chi connectivity index (χ2n) is 12.6. The lowest BCUT2D eigenvalue weighted by Crippen LogP contribution is -2.73. The van der Waals surface area contributed by atoms with Crippen LogP contribution in [0.15, 0.2) is 43.0 Å². The smallest absolute Gasteiger partial charge is 0.415 e. The van der Waals surface area contributed by atoms with Crippen LogP contribution in [0.2, 0.25) is 18.1 Å². The van der Waals surface area contributed by atoms with Crippen molar-refractivity contribution < 1.29 is 33.3 Å². The number of nitrogens with zero attached hydrogens (tertiary/aromatic N) is 1. The number of amides is 1. The summed E-state index contributed by atoms with van der Waals surface area (Å²) in [5.41, 5.74) is -3.58. The van der Waals surface area contributed by atoms with Gasteiger partial charge in [0.15, 0.2) is 5.60 Å². The highest BCUT2D eigenvalue weighted by atomic mass is 28.4. The summed E-state index contributed by atoms with van der Waals surface area (Å²) in [6, 6.07) is 4.69. The number of allylic oxidation sites excluding steroid dienone is 2. The molecule has 2 aliphatic carbocycles. The predicted octanol–water partition coefficient (Wildman–Crippen LogP) is 4.88. The summed E-state index contributed by atoms with van der Waals surface area (Å²) in [5.74, 6) is 11.0. The molecule has 0 radical (unpaired) electrons. The first kappa shape index (κ1) is 29.4. The molecule has 1 N–H and O–H groups in total. The van der Waals surface area contributed by atoms with Gasteiger partial charge >= 0.3 is 6.09 Å². The molecule has 1 aromatic rings. The Morgan fingerprint density at radius 1 is 1.24 bits per heavy atom. The third kappa shape index (κ3) is 3.73. The molecule has 218 valence electrons. The highest BCUT2D eigenvalue weighted by Gasteiger charge is 2.93. The van der Waals surface area contributed by atoms with E-state index in [1.165, 1.54) is 25.2 Å². The molecule has 4 bridgehead atoms. The van der Waals surface area contributed by atoms with E-state index in [1.54, 1.807) is 18.2 Å². The third-order valence-corrected chi connectivity index (χ3v) is 13.9. The minimum atomic E-state index is -2.26. The van der Waals surface area contributed by atoms with Crippen LogP contribution in [0.3, 0.4) is 0 Å². The maximum absolute atomic E-state index is 13.7. The maximum atomic E-state index is 13.7. The Morgan fingerprint density at radius 2 is 1.93 bits per heavy atom. The maximum Gasteiger partial charge on any atom is 0.415 e. The summed E-state index contributed by atoms with van der Waals surface area (Å²) in [7, 11) is 0.732. The van der Waals surface area contributed by atoms with Crippen LogP contribution in [-0.4, -0.2) is 63.4 Å². The van der Waals surface area contributed by atoms with Crippen LogP contribution in [-0.2, 0) is 24.5 Å². The van der Waals surface area contributed by atoms with Gasteiger partial charge in [-0.1, -0.05) is 64.0 Å². The number of rotatable bonds is 6. The first-order valence-electron chi connectivity index (χ1n) is 13.8. The fourth-order valence-corrected chi connectivity index (χ4v) is 7.51. The zero-order valence-electron chi connectivity index (χ0n) is 25.1. The molecule has 0 spiro atoms. The molecule has 5 rings (SSSR count). The van der Waals surface area contributed by atoms with Crippen molar-refractivity contribution in [2.75, 3.05) is 25.7 Å². The molecular weight excluding hydrogens is 538 g/mol. The molecule has 1 saturated carbocycles. The number of carbonyl (C=O) groups is 1. The summed E-state index contributed by atoms with van der Waals surface area (Å²) in [5, 5.41) is 12.8. The first-order chi connectivity index (χ1) is 19.2. The van der Waals surface area contributed by atoms with Crippen molar-refractivity contribution in [3.63, 3.8) is 0 Å². The first-order valence-corrected chi connectivity index (χ1v) is 16.7. The molecule has 9 heteroatoms. The van der Waals surface area contributed by atoms with Gasteiger partial charge in [0.1, 0.15) is 24.0 Å². The Hall–Kier alpha value is -3.05.